The minimum atomic E-state index is -0.491. The second-order valence-corrected chi connectivity index (χ2v) is 4.87. The van der Waals surface area contributed by atoms with Crippen LogP contribution in [0.15, 0.2) is 24.3 Å². The molecule has 6 nitrogen and oxygen atoms in total. The van der Waals surface area contributed by atoms with Crippen LogP contribution in [0.4, 0.5) is 0 Å². The molecule has 2 amide bonds. The third-order valence-corrected chi connectivity index (χ3v) is 3.37. The van der Waals surface area contributed by atoms with Crippen LogP contribution >= 0.6 is 0 Å². The molecule has 21 heavy (non-hydrogen) atoms. The fourth-order valence-corrected chi connectivity index (χ4v) is 2.14. The van der Waals surface area contributed by atoms with Crippen molar-refractivity contribution in [3.63, 3.8) is 0 Å². The average Bonchev–Trinajstić information content (AvgIpc) is 2.45. The number of benzene rings is 1. The molecule has 0 bridgehead atoms. The van der Waals surface area contributed by atoms with Crippen LogP contribution in [-0.2, 0) is 9.59 Å². The fraction of sp³-hybridized carbons (Fsp3) is 0.400. The van der Waals surface area contributed by atoms with Crippen molar-refractivity contribution in [2.45, 2.75) is 19.9 Å². The van der Waals surface area contributed by atoms with E-state index in [4.69, 9.17) is 4.74 Å². The van der Waals surface area contributed by atoms with Crippen LogP contribution in [0.5, 0.6) is 5.75 Å². The second-order valence-electron chi connectivity index (χ2n) is 4.87. The lowest BCUT2D eigenvalue weighted by Gasteiger charge is -2.30. The first-order valence-electron chi connectivity index (χ1n) is 6.85. The predicted molar refractivity (Wildman–Crippen MR) is 76.1 cm³/mol. The molecule has 1 unspecified atom stereocenters. The maximum Gasteiger partial charge on any atom is 0.243 e. The molecule has 0 saturated carbocycles. The number of hydrogen-bond donors (Lipinski definition) is 1. The van der Waals surface area contributed by atoms with Crippen LogP contribution in [0.2, 0.25) is 0 Å². The maximum atomic E-state index is 12.2. The van der Waals surface area contributed by atoms with E-state index in [0.29, 0.717) is 17.9 Å². The number of rotatable bonds is 5. The molecule has 1 heterocycles. The lowest BCUT2D eigenvalue weighted by atomic mass is 10.1. The lowest BCUT2D eigenvalue weighted by Crippen LogP contribution is -2.57. The Bertz CT molecular complexity index is 553. The summed E-state index contributed by atoms with van der Waals surface area (Å²) in [5.41, 5.74) is 0.532. The van der Waals surface area contributed by atoms with Gasteiger partial charge >= 0.3 is 0 Å². The molecule has 0 aliphatic carbocycles. The number of carbonyl (C=O) groups is 3. The molecule has 112 valence electrons. The van der Waals surface area contributed by atoms with Crippen LogP contribution in [0.25, 0.3) is 0 Å². The molecule has 1 saturated heterocycles. The number of ketones is 1. The number of nitrogens with one attached hydrogen (secondary N) is 1. The molecule has 0 spiro atoms. The topological polar surface area (TPSA) is 75.7 Å². The van der Waals surface area contributed by atoms with Crippen molar-refractivity contribution in [3.05, 3.63) is 29.8 Å². The summed E-state index contributed by atoms with van der Waals surface area (Å²) >= 11 is 0. The zero-order valence-corrected chi connectivity index (χ0v) is 12.1. The van der Waals surface area contributed by atoms with E-state index in [1.54, 1.807) is 36.1 Å². The first kappa shape index (κ1) is 15.2. The van der Waals surface area contributed by atoms with Crippen LogP contribution in [0.3, 0.4) is 0 Å². The Hall–Kier alpha value is -2.21. The monoisotopic (exact) mass is 290 g/mol. The third kappa shape index (κ3) is 3.66. The number of amides is 2. The van der Waals surface area contributed by atoms with E-state index in [9.17, 15) is 14.4 Å². The molecule has 1 aliphatic rings. The van der Waals surface area contributed by atoms with E-state index < -0.39 is 6.04 Å². The highest BCUT2D eigenvalue weighted by Crippen LogP contribution is 2.14. The van der Waals surface area contributed by atoms with Crippen molar-refractivity contribution in [1.29, 1.82) is 0 Å². The molecular formula is C15H18N2O4. The summed E-state index contributed by atoms with van der Waals surface area (Å²) in [5.74, 6) is -0.175. The first-order chi connectivity index (χ1) is 10.0. The summed E-state index contributed by atoms with van der Waals surface area (Å²) < 4.78 is 5.32. The number of imide groups is 1. The summed E-state index contributed by atoms with van der Waals surface area (Å²) in [6.45, 7) is 4.21. The van der Waals surface area contributed by atoms with E-state index in [1.807, 2.05) is 6.92 Å². The van der Waals surface area contributed by atoms with Crippen molar-refractivity contribution in [1.82, 2.24) is 10.2 Å². The first-order valence-corrected chi connectivity index (χ1v) is 6.85. The van der Waals surface area contributed by atoms with E-state index in [0.717, 1.165) is 0 Å². The molecule has 1 aliphatic heterocycles. The van der Waals surface area contributed by atoms with Gasteiger partial charge in [-0.3, -0.25) is 24.6 Å². The highest BCUT2D eigenvalue weighted by molar-refractivity contribution is 6.03. The van der Waals surface area contributed by atoms with Gasteiger partial charge in [-0.15, -0.1) is 0 Å². The van der Waals surface area contributed by atoms with E-state index in [-0.39, 0.29) is 30.7 Å². The van der Waals surface area contributed by atoms with Gasteiger partial charge in [0.05, 0.1) is 25.7 Å². The van der Waals surface area contributed by atoms with Gasteiger partial charge in [-0.25, -0.2) is 0 Å². The Balaban J connectivity index is 2.03. The van der Waals surface area contributed by atoms with E-state index in [1.165, 1.54) is 0 Å². The Morgan fingerprint density at radius 1 is 1.33 bits per heavy atom. The van der Waals surface area contributed by atoms with Crippen LogP contribution in [0, 0.1) is 0 Å². The van der Waals surface area contributed by atoms with Crippen LogP contribution < -0.4 is 10.1 Å². The largest absolute Gasteiger partial charge is 0.494 e. The Morgan fingerprint density at radius 3 is 2.62 bits per heavy atom. The minimum absolute atomic E-state index is 0.0360. The summed E-state index contributed by atoms with van der Waals surface area (Å²) in [6, 6.07) is 6.34. The van der Waals surface area contributed by atoms with Gasteiger partial charge in [-0.05, 0) is 38.1 Å². The third-order valence-electron chi connectivity index (χ3n) is 3.37. The number of piperazine rings is 1. The minimum Gasteiger partial charge on any atom is -0.494 e. The van der Waals surface area contributed by atoms with Crippen molar-refractivity contribution in [3.8, 4) is 5.75 Å². The molecular weight excluding hydrogens is 272 g/mol. The van der Waals surface area contributed by atoms with E-state index in [2.05, 4.69) is 5.32 Å². The van der Waals surface area contributed by atoms with Gasteiger partial charge in [0.25, 0.3) is 0 Å². The van der Waals surface area contributed by atoms with Gasteiger partial charge in [-0.1, -0.05) is 0 Å². The van der Waals surface area contributed by atoms with Gasteiger partial charge < -0.3 is 4.74 Å². The Labute approximate surface area is 123 Å². The molecule has 2 rings (SSSR count). The number of ether oxygens (including phenoxy) is 1. The van der Waals surface area contributed by atoms with E-state index >= 15 is 0 Å². The molecule has 1 aromatic rings. The predicted octanol–water partition coefficient (Wildman–Crippen LogP) is 0.615. The van der Waals surface area contributed by atoms with Gasteiger partial charge in [-0.2, -0.15) is 0 Å². The summed E-state index contributed by atoms with van der Waals surface area (Å²) in [5, 5.41) is 2.25. The molecule has 0 radical (unpaired) electrons. The number of nitrogens with zero attached hydrogens (tertiary/aromatic N) is 1. The maximum absolute atomic E-state index is 12.2. The highest BCUT2D eigenvalue weighted by Gasteiger charge is 2.31. The molecule has 6 heteroatoms. The van der Waals surface area contributed by atoms with Gasteiger partial charge in [0.2, 0.25) is 11.8 Å². The molecule has 1 atom stereocenters. The summed E-state index contributed by atoms with van der Waals surface area (Å²) in [7, 11) is 0. The second kappa shape index (κ2) is 6.49. The average molecular weight is 290 g/mol. The number of Topliss-reactive ketones (excluding diaryl/α,β-unsaturated/α-hetero) is 1. The summed E-state index contributed by atoms with van der Waals surface area (Å²) in [6.07, 6.45) is 0. The lowest BCUT2D eigenvalue weighted by molar-refractivity contribution is -0.139. The molecule has 0 aromatic heterocycles. The molecule has 1 N–H and O–H groups in total. The number of hydrogen-bond acceptors (Lipinski definition) is 5. The van der Waals surface area contributed by atoms with Crippen molar-refractivity contribution >= 4 is 17.6 Å². The fourth-order valence-electron chi connectivity index (χ4n) is 2.14. The van der Waals surface area contributed by atoms with Gasteiger partial charge in [0.15, 0.2) is 5.78 Å². The quantitative estimate of drug-likeness (QED) is 0.635. The highest BCUT2D eigenvalue weighted by atomic mass is 16.5. The Morgan fingerprint density at radius 2 is 2.00 bits per heavy atom. The van der Waals surface area contributed by atoms with Crippen molar-refractivity contribution in [2.75, 3.05) is 19.7 Å². The van der Waals surface area contributed by atoms with Gasteiger partial charge in [0, 0.05) is 5.56 Å². The van der Waals surface area contributed by atoms with Crippen molar-refractivity contribution in [2.24, 2.45) is 0 Å². The zero-order valence-electron chi connectivity index (χ0n) is 12.1. The molecule has 1 fully saturated rings. The van der Waals surface area contributed by atoms with Crippen molar-refractivity contribution < 1.29 is 19.1 Å². The van der Waals surface area contributed by atoms with Gasteiger partial charge in [0.1, 0.15) is 5.75 Å². The van der Waals surface area contributed by atoms with Crippen LogP contribution in [-0.4, -0.2) is 48.2 Å². The standard InChI is InChI=1S/C15H18N2O4/c1-3-21-12-6-4-11(5-7-12)13(18)8-17-9-14(19)16-15(20)10(17)2/h4-7,10H,3,8-9H2,1-2H3,(H,16,19,20). The normalized spacial score (nSPS) is 19.2. The number of carbonyl (C=O) groups excluding carboxylic acids is 3. The zero-order chi connectivity index (χ0) is 15.4. The smallest absolute Gasteiger partial charge is 0.243 e. The SMILES string of the molecule is CCOc1ccc(C(=O)CN2CC(=O)NC(=O)C2C)cc1. The molecule has 1 aromatic carbocycles. The summed E-state index contributed by atoms with van der Waals surface area (Å²) in [4.78, 5) is 36.7. The Kier molecular flexibility index (Phi) is 4.70. The van der Waals surface area contributed by atoms with Crippen LogP contribution in [0.1, 0.15) is 24.2 Å².